The van der Waals surface area contributed by atoms with E-state index in [4.69, 9.17) is 5.73 Å². The maximum atomic E-state index is 5.72. The fourth-order valence-corrected chi connectivity index (χ4v) is 2.71. The summed E-state index contributed by atoms with van der Waals surface area (Å²) in [4.78, 5) is 8.50. The van der Waals surface area contributed by atoms with Gasteiger partial charge in [0.15, 0.2) is 5.16 Å². The van der Waals surface area contributed by atoms with Crippen LogP contribution >= 0.6 is 11.8 Å². The Morgan fingerprint density at radius 1 is 1.41 bits per heavy atom. The third kappa shape index (κ3) is 3.77. The molecule has 0 aromatic carbocycles. The molecular weight excluding hydrogens is 232 g/mol. The quantitative estimate of drug-likeness (QED) is 0.623. The van der Waals surface area contributed by atoms with Crippen LogP contribution in [0, 0.1) is 5.92 Å². The van der Waals surface area contributed by atoms with E-state index < -0.39 is 0 Å². The number of aromatic nitrogens is 2. The minimum Gasteiger partial charge on any atom is -0.383 e. The number of thioether (sulfide) groups is 1. The van der Waals surface area contributed by atoms with E-state index >= 15 is 0 Å². The van der Waals surface area contributed by atoms with Crippen molar-refractivity contribution in [3.63, 3.8) is 0 Å². The number of nitrogens with two attached hydrogens (primary N) is 1. The van der Waals surface area contributed by atoms with Gasteiger partial charge in [-0.1, -0.05) is 37.4 Å². The van der Waals surface area contributed by atoms with E-state index in [9.17, 15) is 0 Å². The van der Waals surface area contributed by atoms with Crippen molar-refractivity contribution in [3.05, 3.63) is 6.07 Å². The van der Waals surface area contributed by atoms with Gasteiger partial charge in [0.1, 0.15) is 11.6 Å². The van der Waals surface area contributed by atoms with Gasteiger partial charge in [0.05, 0.1) is 0 Å². The smallest absolute Gasteiger partial charge is 0.191 e. The predicted molar refractivity (Wildman–Crippen MR) is 73.3 cm³/mol. The molecule has 3 N–H and O–H groups in total. The van der Waals surface area contributed by atoms with Crippen LogP contribution < -0.4 is 11.1 Å². The molecule has 1 aliphatic rings. The standard InChI is InChI=1S/C12H20N4S/c1-17-12-15-10(13)8-11(16-12)14-7-6-9-4-2-3-5-9/h8-9H,2-7H2,1H3,(H3,13,14,15,16). The van der Waals surface area contributed by atoms with Crippen molar-refractivity contribution >= 4 is 23.4 Å². The number of nitrogens with zero attached hydrogens (tertiary/aromatic N) is 2. The molecule has 0 atom stereocenters. The Morgan fingerprint density at radius 3 is 2.88 bits per heavy atom. The third-order valence-electron chi connectivity index (χ3n) is 3.24. The molecule has 0 bridgehead atoms. The molecule has 1 aromatic heterocycles. The number of rotatable bonds is 5. The summed E-state index contributed by atoms with van der Waals surface area (Å²) >= 11 is 1.51. The first-order chi connectivity index (χ1) is 8.28. The van der Waals surface area contributed by atoms with E-state index in [0.29, 0.717) is 5.82 Å². The Bertz CT molecular complexity index is 364. The molecule has 0 amide bonds. The first kappa shape index (κ1) is 12.5. The summed E-state index contributed by atoms with van der Waals surface area (Å²) in [5, 5.41) is 4.07. The predicted octanol–water partition coefficient (Wildman–Crippen LogP) is 2.77. The summed E-state index contributed by atoms with van der Waals surface area (Å²) in [6, 6.07) is 1.80. The normalized spacial score (nSPS) is 16.3. The van der Waals surface area contributed by atoms with Crippen LogP contribution in [0.3, 0.4) is 0 Å². The second-order valence-corrected chi connectivity index (χ2v) is 5.30. The van der Waals surface area contributed by atoms with Gasteiger partial charge in [-0.3, -0.25) is 0 Å². The Labute approximate surface area is 107 Å². The molecule has 0 radical (unpaired) electrons. The van der Waals surface area contributed by atoms with Crippen LogP contribution in [0.15, 0.2) is 11.2 Å². The molecule has 1 fully saturated rings. The Morgan fingerprint density at radius 2 is 2.18 bits per heavy atom. The van der Waals surface area contributed by atoms with Gasteiger partial charge < -0.3 is 11.1 Å². The van der Waals surface area contributed by atoms with Crippen LogP contribution in [0.5, 0.6) is 0 Å². The monoisotopic (exact) mass is 252 g/mol. The van der Waals surface area contributed by atoms with Gasteiger partial charge in [-0.25, -0.2) is 9.97 Å². The number of nitrogens with one attached hydrogen (secondary N) is 1. The van der Waals surface area contributed by atoms with Crippen molar-refractivity contribution in [1.29, 1.82) is 0 Å². The summed E-state index contributed by atoms with van der Waals surface area (Å²) in [5.74, 6) is 2.29. The zero-order valence-electron chi connectivity index (χ0n) is 10.3. The SMILES string of the molecule is CSc1nc(N)cc(NCCC2CCCC2)n1. The highest BCUT2D eigenvalue weighted by Crippen LogP contribution is 2.27. The third-order valence-corrected chi connectivity index (χ3v) is 3.79. The number of anilines is 2. The van der Waals surface area contributed by atoms with E-state index in [2.05, 4.69) is 15.3 Å². The minimum atomic E-state index is 0.535. The van der Waals surface area contributed by atoms with Gasteiger partial charge in [0, 0.05) is 12.6 Å². The molecule has 1 aromatic rings. The molecule has 5 heteroatoms. The largest absolute Gasteiger partial charge is 0.383 e. The summed E-state index contributed by atoms with van der Waals surface area (Å²) < 4.78 is 0. The second kappa shape index (κ2) is 6.10. The molecule has 4 nitrogen and oxygen atoms in total. The molecular formula is C12H20N4S. The van der Waals surface area contributed by atoms with E-state index in [1.165, 1.54) is 43.9 Å². The van der Waals surface area contributed by atoms with Crippen LogP contribution in [0.4, 0.5) is 11.6 Å². The molecule has 0 saturated heterocycles. The fraction of sp³-hybridized carbons (Fsp3) is 0.667. The number of hydrogen-bond acceptors (Lipinski definition) is 5. The van der Waals surface area contributed by atoms with Crippen LogP contribution in [0.1, 0.15) is 32.1 Å². The second-order valence-electron chi connectivity index (χ2n) is 4.53. The highest BCUT2D eigenvalue weighted by atomic mass is 32.2. The van der Waals surface area contributed by atoms with Gasteiger partial charge in [-0.2, -0.15) is 0 Å². The fourth-order valence-electron chi connectivity index (χ4n) is 2.33. The molecule has 94 valence electrons. The lowest BCUT2D eigenvalue weighted by Crippen LogP contribution is -2.09. The Balaban J connectivity index is 1.83. The van der Waals surface area contributed by atoms with Crippen LogP contribution in [0.25, 0.3) is 0 Å². The summed E-state index contributed by atoms with van der Waals surface area (Å²) in [5.41, 5.74) is 5.72. The van der Waals surface area contributed by atoms with Gasteiger partial charge in [-0.15, -0.1) is 0 Å². The highest BCUT2D eigenvalue weighted by Gasteiger charge is 2.14. The van der Waals surface area contributed by atoms with Gasteiger partial charge in [-0.05, 0) is 18.6 Å². The van der Waals surface area contributed by atoms with Crippen LogP contribution in [0.2, 0.25) is 0 Å². The maximum absolute atomic E-state index is 5.72. The number of nitrogen functional groups attached to an aromatic ring is 1. The summed E-state index contributed by atoms with van der Waals surface area (Å²) in [6.07, 6.45) is 8.78. The van der Waals surface area contributed by atoms with Gasteiger partial charge >= 0.3 is 0 Å². The molecule has 1 saturated carbocycles. The van der Waals surface area contributed by atoms with E-state index in [1.54, 1.807) is 6.07 Å². The van der Waals surface area contributed by atoms with Crippen molar-refractivity contribution in [2.75, 3.05) is 23.9 Å². The van der Waals surface area contributed by atoms with Crippen LogP contribution in [-0.2, 0) is 0 Å². The summed E-state index contributed by atoms with van der Waals surface area (Å²) in [7, 11) is 0. The highest BCUT2D eigenvalue weighted by molar-refractivity contribution is 7.98. The van der Waals surface area contributed by atoms with Crippen molar-refractivity contribution in [1.82, 2.24) is 9.97 Å². The molecule has 0 unspecified atom stereocenters. The van der Waals surface area contributed by atoms with Crippen LogP contribution in [-0.4, -0.2) is 22.8 Å². The first-order valence-electron chi connectivity index (χ1n) is 6.20. The van der Waals surface area contributed by atoms with Crippen molar-refractivity contribution in [3.8, 4) is 0 Å². The lowest BCUT2D eigenvalue weighted by molar-refractivity contribution is 0.518. The lowest BCUT2D eigenvalue weighted by Gasteiger charge is -2.10. The first-order valence-corrected chi connectivity index (χ1v) is 7.43. The average molecular weight is 252 g/mol. The van der Waals surface area contributed by atoms with E-state index in [-0.39, 0.29) is 0 Å². The minimum absolute atomic E-state index is 0.535. The average Bonchev–Trinajstić information content (AvgIpc) is 2.81. The molecule has 0 aliphatic heterocycles. The van der Waals surface area contributed by atoms with E-state index in [1.807, 2.05) is 6.26 Å². The molecule has 2 rings (SSSR count). The van der Waals surface area contributed by atoms with E-state index in [0.717, 1.165) is 23.4 Å². The molecule has 17 heavy (non-hydrogen) atoms. The zero-order valence-corrected chi connectivity index (χ0v) is 11.1. The van der Waals surface area contributed by atoms with Gasteiger partial charge in [0.2, 0.25) is 0 Å². The number of hydrogen-bond donors (Lipinski definition) is 2. The van der Waals surface area contributed by atoms with Crippen molar-refractivity contribution < 1.29 is 0 Å². The van der Waals surface area contributed by atoms with Crippen molar-refractivity contribution in [2.24, 2.45) is 5.92 Å². The Kier molecular flexibility index (Phi) is 4.48. The zero-order chi connectivity index (χ0) is 12.1. The topological polar surface area (TPSA) is 63.8 Å². The molecule has 0 spiro atoms. The van der Waals surface area contributed by atoms with Crippen molar-refractivity contribution in [2.45, 2.75) is 37.3 Å². The lowest BCUT2D eigenvalue weighted by atomic mass is 10.0. The Hall–Kier alpha value is -0.970. The maximum Gasteiger partial charge on any atom is 0.191 e. The molecule has 1 heterocycles. The molecule has 1 aliphatic carbocycles. The summed E-state index contributed by atoms with van der Waals surface area (Å²) in [6.45, 7) is 0.981. The van der Waals surface area contributed by atoms with Gasteiger partial charge in [0.25, 0.3) is 0 Å².